The van der Waals surface area contributed by atoms with Gasteiger partial charge in [0.05, 0.1) is 27.9 Å². The largest absolute Gasteiger partial charge is 0.478 e. The second-order valence-electron chi connectivity index (χ2n) is 5.12. The van der Waals surface area contributed by atoms with Gasteiger partial charge in [0.1, 0.15) is 5.82 Å². The molecule has 126 valence electrons. The lowest BCUT2D eigenvalue weighted by atomic mass is 10.1. The minimum Gasteiger partial charge on any atom is -0.478 e. The number of carboxylic acids is 2. The van der Waals surface area contributed by atoms with Gasteiger partial charge in [-0.05, 0) is 18.2 Å². The average Bonchev–Trinajstić information content (AvgIpc) is 2.81. The van der Waals surface area contributed by atoms with Gasteiger partial charge in [0.25, 0.3) is 17.4 Å². The number of rotatable bonds is 3. The molecule has 2 amide bonds. The molecule has 10 nitrogen and oxygen atoms in total. The fourth-order valence-corrected chi connectivity index (χ4v) is 2.56. The van der Waals surface area contributed by atoms with Crippen molar-refractivity contribution in [3.8, 4) is 5.69 Å². The minimum absolute atomic E-state index is 0.206. The summed E-state index contributed by atoms with van der Waals surface area (Å²) in [6, 6.07) is 3.91. The van der Waals surface area contributed by atoms with Crippen molar-refractivity contribution in [2.45, 2.75) is 0 Å². The lowest BCUT2D eigenvalue weighted by Crippen LogP contribution is -2.25. The molecular weight excluding hydrogens is 334 g/mol. The van der Waals surface area contributed by atoms with Crippen LogP contribution in [-0.4, -0.2) is 38.5 Å². The lowest BCUT2D eigenvalue weighted by molar-refractivity contribution is 0.0695. The number of imide groups is 1. The highest BCUT2D eigenvalue weighted by molar-refractivity contribution is 6.23. The number of nitrogens with zero attached hydrogens (tertiary/aromatic N) is 1. The maximum absolute atomic E-state index is 12.3. The van der Waals surface area contributed by atoms with Gasteiger partial charge >= 0.3 is 11.9 Å². The zero-order chi connectivity index (χ0) is 18.5. The Morgan fingerprint density at radius 3 is 2.28 bits per heavy atom. The molecule has 1 aliphatic rings. The fourth-order valence-electron chi connectivity index (χ4n) is 2.56. The van der Waals surface area contributed by atoms with E-state index >= 15 is 0 Å². The summed E-state index contributed by atoms with van der Waals surface area (Å²) in [6.07, 6.45) is 0. The van der Waals surface area contributed by atoms with E-state index in [0.717, 1.165) is 28.8 Å². The van der Waals surface area contributed by atoms with Gasteiger partial charge in [-0.1, -0.05) is 0 Å². The Labute approximate surface area is 138 Å². The first-order valence-electron chi connectivity index (χ1n) is 6.74. The molecule has 0 aliphatic carbocycles. The van der Waals surface area contributed by atoms with E-state index in [2.05, 4.69) is 0 Å². The maximum Gasteiger partial charge on any atom is 0.337 e. The lowest BCUT2D eigenvalue weighted by Gasteiger charge is -2.14. The molecule has 0 saturated carbocycles. The van der Waals surface area contributed by atoms with Crippen LogP contribution in [0.2, 0.25) is 0 Å². The number of benzene rings is 1. The van der Waals surface area contributed by atoms with Crippen LogP contribution in [0.4, 0.5) is 5.82 Å². The zero-order valence-corrected chi connectivity index (χ0v) is 12.3. The van der Waals surface area contributed by atoms with E-state index in [0.29, 0.717) is 0 Å². The van der Waals surface area contributed by atoms with Gasteiger partial charge in [-0.3, -0.25) is 24.3 Å². The number of aromatic nitrogens is 1. The molecule has 0 spiro atoms. The standard InChI is InChI=1S/C15H9N3O7/c16-11-10-7(12(20)17-13(10)21)4-9(19)18(11)8-2-1-5(14(22)23)3-6(8)15(24)25/h1-4H,16H2,(H,22,23)(H,24,25)(H,17,20,21). The Hall–Kier alpha value is -3.95. The Balaban J connectivity index is 2.36. The van der Waals surface area contributed by atoms with Crippen molar-refractivity contribution >= 4 is 29.6 Å². The Kier molecular flexibility index (Phi) is 3.38. The number of aromatic carboxylic acids is 2. The minimum atomic E-state index is -1.49. The molecule has 0 saturated heterocycles. The molecule has 1 aromatic carbocycles. The quantitative estimate of drug-likeness (QED) is 0.550. The van der Waals surface area contributed by atoms with Gasteiger partial charge in [0.2, 0.25) is 0 Å². The number of amides is 2. The third-order valence-corrected chi connectivity index (χ3v) is 3.67. The van der Waals surface area contributed by atoms with Gasteiger partial charge in [0, 0.05) is 6.07 Å². The molecule has 0 fully saturated rings. The highest BCUT2D eigenvalue weighted by atomic mass is 16.4. The number of hydrogen-bond acceptors (Lipinski definition) is 6. The van der Waals surface area contributed by atoms with E-state index in [1.165, 1.54) is 0 Å². The summed E-state index contributed by atoms with van der Waals surface area (Å²) in [6.45, 7) is 0. The summed E-state index contributed by atoms with van der Waals surface area (Å²) >= 11 is 0. The first kappa shape index (κ1) is 15.9. The number of carbonyl (C=O) groups excluding carboxylic acids is 2. The highest BCUT2D eigenvalue weighted by Crippen LogP contribution is 2.25. The third-order valence-electron chi connectivity index (χ3n) is 3.67. The van der Waals surface area contributed by atoms with Crippen LogP contribution >= 0.6 is 0 Å². The van der Waals surface area contributed by atoms with Crippen molar-refractivity contribution in [3.05, 3.63) is 56.9 Å². The summed E-state index contributed by atoms with van der Waals surface area (Å²) in [5.74, 6) is -4.86. The number of pyridine rings is 1. The van der Waals surface area contributed by atoms with Crippen LogP contribution in [0.5, 0.6) is 0 Å². The summed E-state index contributed by atoms with van der Waals surface area (Å²) < 4.78 is 0.742. The van der Waals surface area contributed by atoms with Crippen LogP contribution in [-0.2, 0) is 0 Å². The number of fused-ring (bicyclic) bond motifs is 1. The number of hydrogen-bond donors (Lipinski definition) is 4. The van der Waals surface area contributed by atoms with Gasteiger partial charge in [-0.2, -0.15) is 0 Å². The van der Waals surface area contributed by atoms with Gasteiger partial charge in [-0.15, -0.1) is 0 Å². The summed E-state index contributed by atoms with van der Waals surface area (Å²) in [4.78, 5) is 58.3. The maximum atomic E-state index is 12.3. The Bertz CT molecular complexity index is 1050. The molecule has 2 heterocycles. The molecule has 5 N–H and O–H groups in total. The van der Waals surface area contributed by atoms with Crippen molar-refractivity contribution in [1.82, 2.24) is 9.88 Å². The number of nitrogens with one attached hydrogen (secondary N) is 1. The monoisotopic (exact) mass is 343 g/mol. The molecule has 0 bridgehead atoms. The Morgan fingerprint density at radius 2 is 1.68 bits per heavy atom. The predicted octanol–water partition coefficient (Wildman–Crippen LogP) is -0.300. The van der Waals surface area contributed by atoms with E-state index in [9.17, 15) is 29.1 Å². The molecular formula is C15H9N3O7. The summed E-state index contributed by atoms with van der Waals surface area (Å²) in [5, 5.41) is 20.3. The number of nitrogens with two attached hydrogens (primary N) is 1. The highest BCUT2D eigenvalue weighted by Gasteiger charge is 2.32. The normalized spacial score (nSPS) is 12.6. The fraction of sp³-hybridized carbons (Fsp3) is 0. The molecule has 25 heavy (non-hydrogen) atoms. The zero-order valence-electron chi connectivity index (χ0n) is 12.3. The number of carbonyl (C=O) groups is 4. The second kappa shape index (κ2) is 5.30. The third kappa shape index (κ3) is 2.32. The first-order chi connectivity index (χ1) is 11.7. The molecule has 0 radical (unpaired) electrons. The second-order valence-corrected chi connectivity index (χ2v) is 5.12. The van der Waals surface area contributed by atoms with Crippen LogP contribution in [0.1, 0.15) is 41.4 Å². The molecule has 0 atom stereocenters. The molecule has 3 rings (SSSR count). The van der Waals surface area contributed by atoms with E-state index in [4.69, 9.17) is 10.8 Å². The van der Waals surface area contributed by atoms with E-state index in [1.807, 2.05) is 5.32 Å². The van der Waals surface area contributed by atoms with Crippen LogP contribution in [0.3, 0.4) is 0 Å². The van der Waals surface area contributed by atoms with Crippen LogP contribution < -0.4 is 16.6 Å². The smallest absolute Gasteiger partial charge is 0.337 e. The van der Waals surface area contributed by atoms with Crippen LogP contribution in [0.15, 0.2) is 29.1 Å². The van der Waals surface area contributed by atoms with Crippen molar-refractivity contribution < 1.29 is 29.4 Å². The van der Waals surface area contributed by atoms with E-state index in [1.54, 1.807) is 0 Å². The van der Waals surface area contributed by atoms with Crippen molar-refractivity contribution in [3.63, 3.8) is 0 Å². The molecule has 2 aromatic rings. The molecule has 10 heteroatoms. The predicted molar refractivity (Wildman–Crippen MR) is 82.2 cm³/mol. The topological polar surface area (TPSA) is 169 Å². The first-order valence-corrected chi connectivity index (χ1v) is 6.74. The average molecular weight is 343 g/mol. The summed E-state index contributed by atoms with van der Waals surface area (Å²) in [7, 11) is 0. The van der Waals surface area contributed by atoms with E-state index < -0.39 is 40.7 Å². The van der Waals surface area contributed by atoms with E-state index in [-0.39, 0.29) is 22.4 Å². The molecule has 1 aromatic heterocycles. The number of carboxylic acid groups (broad SMARTS) is 2. The van der Waals surface area contributed by atoms with Gasteiger partial charge in [-0.25, -0.2) is 9.59 Å². The van der Waals surface area contributed by atoms with Crippen molar-refractivity contribution in [1.29, 1.82) is 0 Å². The number of nitrogen functional groups attached to an aromatic ring is 1. The summed E-state index contributed by atoms with van der Waals surface area (Å²) in [5.41, 5.74) is 3.50. The number of anilines is 1. The Morgan fingerprint density at radius 1 is 1.00 bits per heavy atom. The van der Waals surface area contributed by atoms with Crippen molar-refractivity contribution in [2.24, 2.45) is 0 Å². The van der Waals surface area contributed by atoms with Crippen LogP contribution in [0.25, 0.3) is 5.69 Å². The van der Waals surface area contributed by atoms with Crippen LogP contribution in [0, 0.1) is 0 Å². The van der Waals surface area contributed by atoms with Gasteiger partial charge < -0.3 is 15.9 Å². The molecule has 1 aliphatic heterocycles. The molecule has 0 unspecified atom stereocenters. The van der Waals surface area contributed by atoms with Gasteiger partial charge in [0.15, 0.2) is 0 Å². The SMILES string of the molecule is Nc1c2c(cc(=O)n1-c1ccc(C(=O)O)cc1C(=O)O)C(=O)NC2=O. The van der Waals surface area contributed by atoms with Crippen molar-refractivity contribution in [2.75, 3.05) is 5.73 Å².